The van der Waals surface area contributed by atoms with E-state index in [2.05, 4.69) is 15.5 Å². The van der Waals surface area contributed by atoms with Crippen molar-refractivity contribution in [3.63, 3.8) is 0 Å². The number of amides is 2. The van der Waals surface area contributed by atoms with E-state index in [-0.39, 0.29) is 31.2 Å². The number of carbonyl (C=O) groups excluding carboxylic acids is 2. The van der Waals surface area contributed by atoms with Crippen molar-refractivity contribution >= 4 is 23.4 Å². The summed E-state index contributed by atoms with van der Waals surface area (Å²) in [6.45, 7) is 2.60. The van der Waals surface area contributed by atoms with Gasteiger partial charge in [0.05, 0.1) is 6.54 Å². The van der Waals surface area contributed by atoms with Crippen molar-refractivity contribution in [2.75, 3.05) is 26.4 Å². The molecule has 1 unspecified atom stereocenters. The number of rotatable bonds is 6. The van der Waals surface area contributed by atoms with Gasteiger partial charge in [0, 0.05) is 36.3 Å². The fourth-order valence-electron chi connectivity index (χ4n) is 3.52. The zero-order valence-electron chi connectivity index (χ0n) is 15.8. The monoisotopic (exact) mass is 415 g/mol. The van der Waals surface area contributed by atoms with Crippen molar-refractivity contribution in [2.24, 2.45) is 0 Å². The van der Waals surface area contributed by atoms with Gasteiger partial charge in [-0.15, -0.1) is 0 Å². The maximum absolute atomic E-state index is 12.3. The number of nitrogens with one attached hydrogen (secondary N) is 2. The number of benzene rings is 2. The van der Waals surface area contributed by atoms with Crippen molar-refractivity contribution in [1.29, 1.82) is 0 Å². The minimum Gasteiger partial charge on any atom is -0.454 e. The fourth-order valence-corrected chi connectivity index (χ4v) is 3.65. The van der Waals surface area contributed by atoms with Crippen molar-refractivity contribution in [2.45, 2.75) is 19.0 Å². The molecule has 0 aromatic heterocycles. The third-order valence-corrected chi connectivity index (χ3v) is 5.25. The van der Waals surface area contributed by atoms with E-state index in [1.54, 1.807) is 18.2 Å². The molecule has 1 atom stereocenters. The van der Waals surface area contributed by atoms with Crippen molar-refractivity contribution in [3.05, 3.63) is 58.6 Å². The molecule has 0 bridgehead atoms. The number of likely N-dealkylation sites (tertiary alicyclic amines) is 1. The van der Waals surface area contributed by atoms with Gasteiger partial charge in [-0.25, -0.2) is 0 Å². The lowest BCUT2D eigenvalue weighted by atomic mass is 10.2. The molecule has 8 heteroatoms. The Morgan fingerprint density at radius 3 is 2.72 bits per heavy atom. The second-order valence-electron chi connectivity index (χ2n) is 7.17. The van der Waals surface area contributed by atoms with Crippen LogP contribution >= 0.6 is 11.6 Å². The Morgan fingerprint density at radius 1 is 1.10 bits per heavy atom. The summed E-state index contributed by atoms with van der Waals surface area (Å²) in [6, 6.07) is 12.8. The van der Waals surface area contributed by atoms with E-state index in [9.17, 15) is 9.59 Å². The van der Waals surface area contributed by atoms with Crippen LogP contribution < -0.4 is 20.1 Å². The molecule has 0 spiro atoms. The van der Waals surface area contributed by atoms with Crippen LogP contribution in [0.1, 0.15) is 22.3 Å². The number of nitrogens with zero attached hydrogens (tertiary/aromatic N) is 1. The molecule has 0 radical (unpaired) electrons. The van der Waals surface area contributed by atoms with Gasteiger partial charge in [-0.3, -0.25) is 14.5 Å². The summed E-state index contributed by atoms with van der Waals surface area (Å²) >= 11 is 5.92. The Bertz CT molecular complexity index is 903. The third kappa shape index (κ3) is 4.99. The Balaban J connectivity index is 1.21. The van der Waals surface area contributed by atoms with Gasteiger partial charge in [0.15, 0.2) is 11.5 Å². The number of hydrogen-bond donors (Lipinski definition) is 2. The summed E-state index contributed by atoms with van der Waals surface area (Å²) in [6.07, 6.45) is 0.884. The minimum atomic E-state index is -0.325. The number of halogens is 1. The van der Waals surface area contributed by atoms with Gasteiger partial charge in [0.2, 0.25) is 12.7 Å². The highest BCUT2D eigenvalue weighted by Crippen LogP contribution is 2.32. The Hall–Kier alpha value is -2.77. The van der Waals surface area contributed by atoms with Crippen molar-refractivity contribution in [1.82, 2.24) is 15.5 Å². The fraction of sp³-hybridized carbons (Fsp3) is 0.333. The third-order valence-electron chi connectivity index (χ3n) is 5.00. The number of hydrogen-bond acceptors (Lipinski definition) is 5. The highest BCUT2D eigenvalue weighted by atomic mass is 35.5. The van der Waals surface area contributed by atoms with Gasteiger partial charge in [0.1, 0.15) is 0 Å². The van der Waals surface area contributed by atoms with E-state index in [0.29, 0.717) is 17.1 Å². The summed E-state index contributed by atoms with van der Waals surface area (Å²) in [4.78, 5) is 26.8. The summed E-state index contributed by atoms with van der Waals surface area (Å²) in [5, 5.41) is 6.36. The highest BCUT2D eigenvalue weighted by Gasteiger charge is 2.24. The zero-order valence-corrected chi connectivity index (χ0v) is 16.6. The molecule has 7 nitrogen and oxygen atoms in total. The van der Waals surface area contributed by atoms with Crippen LogP contribution in [0.5, 0.6) is 11.5 Å². The van der Waals surface area contributed by atoms with Gasteiger partial charge in [-0.2, -0.15) is 0 Å². The molecule has 2 aliphatic rings. The average Bonchev–Trinajstić information content (AvgIpc) is 3.36. The van der Waals surface area contributed by atoms with E-state index < -0.39 is 0 Å². The maximum Gasteiger partial charge on any atom is 0.251 e. The minimum absolute atomic E-state index is 0.0685. The predicted octanol–water partition coefficient (Wildman–Crippen LogP) is 2.19. The van der Waals surface area contributed by atoms with E-state index in [4.69, 9.17) is 21.1 Å². The van der Waals surface area contributed by atoms with E-state index in [1.165, 1.54) is 5.56 Å². The van der Waals surface area contributed by atoms with Crippen LogP contribution in [0.25, 0.3) is 0 Å². The molecule has 152 valence electrons. The lowest BCUT2D eigenvalue weighted by Gasteiger charge is -2.17. The molecule has 2 heterocycles. The first-order chi connectivity index (χ1) is 14.1. The normalized spacial score (nSPS) is 17.9. The second kappa shape index (κ2) is 8.71. The summed E-state index contributed by atoms with van der Waals surface area (Å²) < 4.78 is 10.5. The molecule has 4 rings (SSSR count). The van der Waals surface area contributed by atoms with Gasteiger partial charge < -0.3 is 20.1 Å². The van der Waals surface area contributed by atoms with Crippen LogP contribution in [0.15, 0.2) is 42.5 Å². The quantitative estimate of drug-likeness (QED) is 0.756. The second-order valence-corrected chi connectivity index (χ2v) is 7.60. The first-order valence-corrected chi connectivity index (χ1v) is 9.88. The number of ether oxygens (including phenoxy) is 2. The van der Waals surface area contributed by atoms with Crippen molar-refractivity contribution < 1.29 is 19.1 Å². The topological polar surface area (TPSA) is 79.9 Å². The van der Waals surface area contributed by atoms with Gasteiger partial charge in [0.25, 0.3) is 5.91 Å². The molecule has 2 aromatic rings. The van der Waals surface area contributed by atoms with Crippen LogP contribution in [-0.4, -0.2) is 49.2 Å². The SMILES string of the molecule is O=C(CNC(=O)c1ccc2c(c1)OCO2)NC1CCN(Cc2ccc(Cl)cc2)C1. The van der Waals surface area contributed by atoms with E-state index in [1.807, 2.05) is 24.3 Å². The maximum atomic E-state index is 12.3. The Labute approximate surface area is 173 Å². The van der Waals surface area contributed by atoms with Crippen LogP contribution in [0.3, 0.4) is 0 Å². The predicted molar refractivity (Wildman–Crippen MR) is 108 cm³/mol. The number of fused-ring (bicyclic) bond motifs is 1. The molecule has 2 N–H and O–H groups in total. The lowest BCUT2D eigenvalue weighted by Crippen LogP contribution is -2.43. The molecule has 1 fully saturated rings. The summed E-state index contributed by atoms with van der Waals surface area (Å²) in [5.74, 6) is 0.629. The first kappa shape index (κ1) is 19.5. The zero-order chi connectivity index (χ0) is 20.2. The summed E-state index contributed by atoms with van der Waals surface area (Å²) in [5.41, 5.74) is 1.62. The smallest absolute Gasteiger partial charge is 0.251 e. The molecule has 0 aliphatic carbocycles. The molecule has 1 saturated heterocycles. The van der Waals surface area contributed by atoms with Gasteiger partial charge in [-0.05, 0) is 42.3 Å². The Morgan fingerprint density at radius 2 is 1.90 bits per heavy atom. The molecule has 2 amide bonds. The van der Waals surface area contributed by atoms with E-state index in [0.717, 1.165) is 31.1 Å². The summed E-state index contributed by atoms with van der Waals surface area (Å²) in [7, 11) is 0. The molecule has 29 heavy (non-hydrogen) atoms. The largest absolute Gasteiger partial charge is 0.454 e. The Kier molecular flexibility index (Phi) is 5.87. The van der Waals surface area contributed by atoms with Gasteiger partial charge in [-0.1, -0.05) is 23.7 Å². The molecule has 2 aliphatic heterocycles. The molecular formula is C21H22ClN3O4. The van der Waals surface area contributed by atoms with Gasteiger partial charge >= 0.3 is 0 Å². The number of carbonyl (C=O) groups is 2. The standard InChI is InChI=1S/C21H22ClN3O4/c22-16-4-1-14(2-5-16)11-25-8-7-17(12-25)24-20(26)10-23-21(27)15-3-6-18-19(9-15)29-13-28-18/h1-6,9,17H,7-8,10-13H2,(H,23,27)(H,24,26). The van der Waals surface area contributed by atoms with Crippen LogP contribution in [0.4, 0.5) is 0 Å². The molecular weight excluding hydrogens is 394 g/mol. The highest BCUT2D eigenvalue weighted by molar-refractivity contribution is 6.30. The molecule has 2 aromatic carbocycles. The van der Waals surface area contributed by atoms with E-state index >= 15 is 0 Å². The lowest BCUT2D eigenvalue weighted by molar-refractivity contribution is -0.120. The van der Waals surface area contributed by atoms with Crippen LogP contribution in [0, 0.1) is 0 Å². The first-order valence-electron chi connectivity index (χ1n) is 9.51. The molecule has 0 saturated carbocycles. The van der Waals surface area contributed by atoms with Crippen LogP contribution in [-0.2, 0) is 11.3 Å². The average molecular weight is 416 g/mol. The van der Waals surface area contributed by atoms with Crippen molar-refractivity contribution in [3.8, 4) is 11.5 Å². The van der Waals surface area contributed by atoms with Crippen LogP contribution in [0.2, 0.25) is 5.02 Å².